The fourth-order valence-corrected chi connectivity index (χ4v) is 1.65. The molecule has 1 heterocycles. The van der Waals surface area contributed by atoms with Gasteiger partial charge in [0.05, 0.1) is 5.56 Å². The number of hydrogen-bond acceptors (Lipinski definition) is 3. The highest BCUT2D eigenvalue weighted by Crippen LogP contribution is 2.32. The summed E-state index contributed by atoms with van der Waals surface area (Å²) in [4.78, 5) is 14.8. The lowest BCUT2D eigenvalue weighted by Crippen LogP contribution is -2.06. The van der Waals surface area contributed by atoms with E-state index in [0.29, 0.717) is 11.6 Å². The first-order valence-electron chi connectivity index (χ1n) is 5.82. The van der Waals surface area contributed by atoms with E-state index < -0.39 is 17.7 Å². The first-order chi connectivity index (χ1) is 9.77. The maximum Gasteiger partial charge on any atom is 0.416 e. The summed E-state index contributed by atoms with van der Waals surface area (Å²) in [5.41, 5.74) is -0.373. The molecule has 0 aliphatic heterocycles. The molecule has 0 radical (unpaired) electrons. The third-order valence-corrected chi connectivity index (χ3v) is 2.64. The smallest absolute Gasteiger partial charge is 0.416 e. The molecule has 7 heteroatoms. The predicted molar refractivity (Wildman–Crippen MR) is 67.5 cm³/mol. The molecule has 0 unspecified atom stereocenters. The summed E-state index contributed by atoms with van der Waals surface area (Å²) >= 11 is 0. The summed E-state index contributed by atoms with van der Waals surface area (Å²) in [5.74, 6) is -1.63. The number of hydrogen-bond donors (Lipinski definition) is 1. The maximum atomic E-state index is 12.6. The Bertz CT molecular complexity index is 683. The summed E-state index contributed by atoms with van der Waals surface area (Å²) in [7, 11) is 0. The number of halogens is 3. The third kappa shape index (κ3) is 3.50. The second-order valence-electron chi connectivity index (χ2n) is 4.29. The van der Waals surface area contributed by atoms with Gasteiger partial charge in [-0.05, 0) is 25.1 Å². The molecule has 0 aliphatic carbocycles. The van der Waals surface area contributed by atoms with E-state index in [-0.39, 0.29) is 17.2 Å². The van der Waals surface area contributed by atoms with Crippen LogP contribution in [0.4, 0.5) is 13.2 Å². The molecule has 0 spiro atoms. The number of aromatic carboxylic acids is 1. The minimum Gasteiger partial charge on any atom is -0.478 e. The minimum absolute atomic E-state index is 0.0695. The van der Waals surface area contributed by atoms with Crippen molar-refractivity contribution < 1.29 is 27.8 Å². The molecule has 0 amide bonds. The van der Waals surface area contributed by atoms with Crippen LogP contribution in [0.5, 0.6) is 11.6 Å². The van der Waals surface area contributed by atoms with E-state index in [0.717, 1.165) is 12.3 Å². The number of carboxylic acids is 1. The minimum atomic E-state index is -4.52. The molecule has 4 nitrogen and oxygen atoms in total. The molecule has 0 saturated carbocycles. The zero-order valence-electron chi connectivity index (χ0n) is 10.8. The van der Waals surface area contributed by atoms with Crippen molar-refractivity contribution >= 4 is 5.97 Å². The Morgan fingerprint density at radius 2 is 1.95 bits per heavy atom. The van der Waals surface area contributed by atoms with Crippen molar-refractivity contribution in [3.05, 3.63) is 53.2 Å². The second-order valence-corrected chi connectivity index (χ2v) is 4.29. The van der Waals surface area contributed by atoms with Gasteiger partial charge in [0.25, 0.3) is 0 Å². The van der Waals surface area contributed by atoms with Crippen LogP contribution in [0.2, 0.25) is 0 Å². The van der Waals surface area contributed by atoms with Crippen LogP contribution in [0.25, 0.3) is 0 Å². The molecule has 0 aliphatic rings. The number of carboxylic acid groups (broad SMARTS) is 1. The van der Waals surface area contributed by atoms with Gasteiger partial charge in [-0.15, -0.1) is 0 Å². The van der Waals surface area contributed by atoms with Crippen LogP contribution < -0.4 is 4.74 Å². The van der Waals surface area contributed by atoms with Crippen molar-refractivity contribution in [1.29, 1.82) is 0 Å². The van der Waals surface area contributed by atoms with Crippen molar-refractivity contribution in [2.45, 2.75) is 13.1 Å². The number of aromatic nitrogens is 1. The molecule has 21 heavy (non-hydrogen) atoms. The van der Waals surface area contributed by atoms with Gasteiger partial charge in [-0.3, -0.25) is 0 Å². The van der Waals surface area contributed by atoms with Gasteiger partial charge in [-0.2, -0.15) is 13.2 Å². The summed E-state index contributed by atoms with van der Waals surface area (Å²) in [6, 6.07) is 5.85. The van der Waals surface area contributed by atoms with Crippen molar-refractivity contribution in [3.63, 3.8) is 0 Å². The second kappa shape index (κ2) is 5.43. The van der Waals surface area contributed by atoms with Crippen LogP contribution in [0.1, 0.15) is 21.5 Å². The molecule has 2 rings (SSSR count). The number of nitrogens with zero attached hydrogens (tertiary/aromatic N) is 1. The van der Waals surface area contributed by atoms with Crippen molar-refractivity contribution in [2.24, 2.45) is 0 Å². The number of alkyl halides is 3. The summed E-state index contributed by atoms with van der Waals surface area (Å²) in [5, 5.41) is 9.07. The largest absolute Gasteiger partial charge is 0.478 e. The van der Waals surface area contributed by atoms with E-state index in [1.54, 1.807) is 13.0 Å². The topological polar surface area (TPSA) is 59.4 Å². The van der Waals surface area contributed by atoms with Crippen molar-refractivity contribution in [3.8, 4) is 11.6 Å². The lowest BCUT2D eigenvalue weighted by Gasteiger charge is -2.11. The molecular weight excluding hydrogens is 287 g/mol. The van der Waals surface area contributed by atoms with Crippen molar-refractivity contribution in [1.82, 2.24) is 4.98 Å². The summed E-state index contributed by atoms with van der Waals surface area (Å²) in [6.45, 7) is 1.69. The molecule has 1 N–H and O–H groups in total. The molecular formula is C14H10F3NO3. The lowest BCUT2D eigenvalue weighted by atomic mass is 10.1. The van der Waals surface area contributed by atoms with E-state index in [1.165, 1.54) is 12.1 Å². The normalized spacial score (nSPS) is 11.2. The number of ether oxygens (including phenoxy) is 1. The van der Waals surface area contributed by atoms with Gasteiger partial charge in [0, 0.05) is 12.3 Å². The maximum absolute atomic E-state index is 12.6. The average molecular weight is 297 g/mol. The van der Waals surface area contributed by atoms with Crippen LogP contribution in [0.3, 0.4) is 0 Å². The van der Waals surface area contributed by atoms with Gasteiger partial charge in [-0.25, -0.2) is 9.78 Å². The Balaban J connectivity index is 2.37. The lowest BCUT2D eigenvalue weighted by molar-refractivity contribution is -0.137. The van der Waals surface area contributed by atoms with Gasteiger partial charge >= 0.3 is 12.1 Å². The highest BCUT2D eigenvalue weighted by Gasteiger charge is 2.31. The molecule has 0 atom stereocenters. The Hall–Kier alpha value is -2.57. The Kier molecular flexibility index (Phi) is 3.84. The summed E-state index contributed by atoms with van der Waals surface area (Å²) < 4.78 is 42.9. The number of benzene rings is 1. The highest BCUT2D eigenvalue weighted by molar-refractivity contribution is 5.91. The highest BCUT2D eigenvalue weighted by atomic mass is 19.4. The first kappa shape index (κ1) is 14.8. The Morgan fingerprint density at radius 3 is 2.57 bits per heavy atom. The zero-order valence-corrected chi connectivity index (χ0v) is 10.8. The Labute approximate surface area is 117 Å². The van der Waals surface area contributed by atoms with E-state index >= 15 is 0 Å². The van der Waals surface area contributed by atoms with E-state index in [9.17, 15) is 18.0 Å². The van der Waals surface area contributed by atoms with Gasteiger partial charge in [0.1, 0.15) is 11.3 Å². The van der Waals surface area contributed by atoms with Crippen LogP contribution in [0, 0.1) is 6.92 Å². The molecule has 110 valence electrons. The van der Waals surface area contributed by atoms with E-state index in [4.69, 9.17) is 9.84 Å². The van der Waals surface area contributed by atoms with E-state index in [2.05, 4.69) is 4.98 Å². The monoisotopic (exact) mass is 297 g/mol. The van der Waals surface area contributed by atoms with Crippen LogP contribution >= 0.6 is 0 Å². The third-order valence-electron chi connectivity index (χ3n) is 2.64. The fraction of sp³-hybridized carbons (Fsp3) is 0.143. The van der Waals surface area contributed by atoms with Crippen LogP contribution in [-0.4, -0.2) is 16.1 Å². The van der Waals surface area contributed by atoms with Gasteiger partial charge in [0.15, 0.2) is 0 Å². The number of carbonyl (C=O) groups is 1. The van der Waals surface area contributed by atoms with Crippen LogP contribution in [0.15, 0.2) is 36.5 Å². The fourth-order valence-electron chi connectivity index (χ4n) is 1.65. The zero-order chi connectivity index (χ0) is 15.6. The van der Waals surface area contributed by atoms with Crippen LogP contribution in [-0.2, 0) is 6.18 Å². The molecule has 0 fully saturated rings. The SMILES string of the molecule is Cc1ccc(Oc2cc(C(F)(F)F)ccn2)c(C(=O)O)c1. The molecule has 0 bridgehead atoms. The quantitative estimate of drug-likeness (QED) is 0.933. The van der Waals surface area contributed by atoms with E-state index in [1.807, 2.05) is 0 Å². The average Bonchev–Trinajstić information content (AvgIpc) is 2.40. The van der Waals surface area contributed by atoms with Gasteiger partial charge in [-0.1, -0.05) is 11.6 Å². The standard InChI is InChI=1S/C14H10F3NO3/c1-8-2-3-11(10(6-8)13(19)20)21-12-7-9(4-5-18-12)14(15,16)17/h2-7H,1H3,(H,19,20). The molecule has 1 aromatic carbocycles. The van der Waals surface area contributed by atoms with Gasteiger partial charge in [0.2, 0.25) is 5.88 Å². The number of pyridine rings is 1. The number of aryl methyl sites for hydroxylation is 1. The molecule has 2 aromatic rings. The number of rotatable bonds is 3. The van der Waals surface area contributed by atoms with Crippen molar-refractivity contribution in [2.75, 3.05) is 0 Å². The molecule has 1 aromatic heterocycles. The molecule has 0 saturated heterocycles. The predicted octanol–water partition coefficient (Wildman–Crippen LogP) is 3.90. The summed E-state index contributed by atoms with van der Waals surface area (Å²) in [6.07, 6.45) is -3.57. The van der Waals surface area contributed by atoms with Gasteiger partial charge < -0.3 is 9.84 Å². The Morgan fingerprint density at radius 1 is 1.24 bits per heavy atom. The first-order valence-corrected chi connectivity index (χ1v) is 5.82.